The quantitative estimate of drug-likeness (QED) is 0.289. The normalized spacial score (nSPS) is 14.7. The molecule has 82 valence electrons. The Labute approximate surface area is 118 Å². The first-order valence-corrected chi connectivity index (χ1v) is 7.71. The first kappa shape index (κ1) is 13.5. The maximum atomic E-state index is 8.47. The highest BCUT2D eigenvalue weighted by atomic mass is 127. The van der Waals surface area contributed by atoms with Crippen LogP contribution in [0.2, 0.25) is 0 Å². The van der Waals surface area contributed by atoms with Crippen molar-refractivity contribution >= 4 is 32.4 Å². The number of halogens is 1. The van der Waals surface area contributed by atoms with E-state index in [9.17, 15) is 0 Å². The van der Waals surface area contributed by atoms with E-state index in [0.29, 0.717) is 5.75 Å². The molecule has 0 aliphatic carbocycles. The van der Waals surface area contributed by atoms with Crippen LogP contribution in [0.1, 0.15) is 12.8 Å². The molecular formula is C9H11IN2S3. The summed E-state index contributed by atoms with van der Waals surface area (Å²) in [4.78, 5) is 0. The fraction of sp³-hybridized carbons (Fsp3) is 0.556. The summed E-state index contributed by atoms with van der Waals surface area (Å²) in [7, 11) is 3.62. The molecule has 1 fully saturated rings. The summed E-state index contributed by atoms with van der Waals surface area (Å²) >= 11 is 1.64. The minimum absolute atomic E-state index is 0. The van der Waals surface area contributed by atoms with Crippen LogP contribution in [0.25, 0.3) is 0 Å². The Morgan fingerprint density at radius 1 is 1.40 bits per heavy atom. The molecule has 1 aromatic rings. The van der Waals surface area contributed by atoms with Crippen LogP contribution in [0.15, 0.2) is 10.3 Å². The van der Waals surface area contributed by atoms with Gasteiger partial charge >= 0.3 is 0 Å². The zero-order valence-electron chi connectivity index (χ0n) is 8.11. The third kappa shape index (κ3) is 3.73. The molecule has 1 aromatic heterocycles. The number of nitrogens with zero attached hydrogens (tertiary/aromatic N) is 2. The first-order valence-electron chi connectivity index (χ1n) is 4.58. The highest BCUT2D eigenvalue weighted by Crippen LogP contribution is 2.23. The molecule has 1 aliphatic rings. The molecule has 0 spiro atoms. The van der Waals surface area contributed by atoms with Crippen molar-refractivity contribution in [2.24, 2.45) is 0 Å². The van der Waals surface area contributed by atoms with Crippen LogP contribution < -0.4 is 33.2 Å². The number of hydrogen-bond acceptors (Lipinski definition) is 4. The molecule has 6 heteroatoms. The summed E-state index contributed by atoms with van der Waals surface area (Å²) in [5.74, 6) is 0.562. The van der Waals surface area contributed by atoms with Crippen molar-refractivity contribution in [1.82, 2.24) is 4.58 Å². The Hall–Kier alpha value is 0.420. The van der Waals surface area contributed by atoms with Crippen LogP contribution in [-0.4, -0.2) is 18.8 Å². The van der Waals surface area contributed by atoms with Crippen molar-refractivity contribution in [3.8, 4) is 6.07 Å². The van der Waals surface area contributed by atoms with Gasteiger partial charge in [-0.25, -0.2) is 4.58 Å². The fourth-order valence-electron chi connectivity index (χ4n) is 1.48. The molecule has 0 atom stereocenters. The number of thioether (sulfide) groups is 1. The third-order valence-corrected chi connectivity index (χ3v) is 5.96. The van der Waals surface area contributed by atoms with E-state index >= 15 is 0 Å². The van der Waals surface area contributed by atoms with Gasteiger partial charge in [-0.1, -0.05) is 22.1 Å². The van der Waals surface area contributed by atoms with Gasteiger partial charge in [0.2, 0.25) is 0 Å². The maximum Gasteiger partial charge on any atom is 0.268 e. The number of nitriles is 1. The predicted molar refractivity (Wildman–Crippen MR) is 62.8 cm³/mol. The van der Waals surface area contributed by atoms with Gasteiger partial charge in [-0.3, -0.25) is 0 Å². The zero-order valence-corrected chi connectivity index (χ0v) is 12.7. The van der Waals surface area contributed by atoms with Crippen molar-refractivity contribution in [1.29, 1.82) is 5.26 Å². The predicted octanol–water partition coefficient (Wildman–Crippen LogP) is -1.00. The summed E-state index contributed by atoms with van der Waals surface area (Å²) in [6.07, 6.45) is 2.65. The molecule has 2 nitrogen and oxygen atoms in total. The minimum atomic E-state index is 0. The summed E-state index contributed by atoms with van der Waals surface area (Å²) in [5.41, 5.74) is 0. The topological polar surface area (TPSA) is 26.8 Å². The molecule has 0 N–H and O–H groups in total. The minimum Gasteiger partial charge on any atom is -1.00 e. The molecule has 0 saturated carbocycles. The summed E-state index contributed by atoms with van der Waals surface area (Å²) in [6, 6.07) is 4.38. The van der Waals surface area contributed by atoms with Crippen LogP contribution in [0.4, 0.5) is 0 Å². The Kier molecular flexibility index (Phi) is 6.19. The Morgan fingerprint density at radius 2 is 2.13 bits per heavy atom. The monoisotopic (exact) mass is 370 g/mol. The van der Waals surface area contributed by atoms with Gasteiger partial charge in [0.1, 0.15) is 13.1 Å². The van der Waals surface area contributed by atoms with Crippen LogP contribution in [0, 0.1) is 11.3 Å². The molecular weight excluding hydrogens is 359 g/mol. The smallest absolute Gasteiger partial charge is 0.268 e. The van der Waals surface area contributed by atoms with E-state index in [1.165, 1.54) is 34.8 Å². The molecule has 0 unspecified atom stereocenters. The lowest BCUT2D eigenvalue weighted by molar-refractivity contribution is -0.00000294. The molecule has 1 aliphatic heterocycles. The fourth-order valence-corrected chi connectivity index (χ4v) is 5.03. The Balaban J connectivity index is 0.00000112. The molecule has 1 saturated heterocycles. The van der Waals surface area contributed by atoms with Gasteiger partial charge in [0.15, 0.2) is 0 Å². The van der Waals surface area contributed by atoms with E-state index in [-0.39, 0.29) is 24.0 Å². The molecule has 0 bridgehead atoms. The second-order valence-electron chi connectivity index (χ2n) is 3.11. The summed E-state index contributed by atoms with van der Waals surface area (Å²) in [5, 5.41) is 8.47. The summed E-state index contributed by atoms with van der Waals surface area (Å²) in [6.45, 7) is 2.41. The standard InChI is InChI=1S/C9H11N2S3.HI/c10-3-6-12-9-7-8(13-14-9)11-4-1-2-5-11;/h7H,1-2,4-6H2;1H/q+1;/p-1. The van der Waals surface area contributed by atoms with E-state index in [4.69, 9.17) is 5.26 Å². The average molecular weight is 370 g/mol. The van der Waals surface area contributed by atoms with E-state index in [0.717, 1.165) is 0 Å². The molecule has 0 radical (unpaired) electrons. The highest BCUT2D eigenvalue weighted by Gasteiger charge is 2.14. The molecule has 0 amide bonds. The van der Waals surface area contributed by atoms with Crippen LogP contribution >= 0.6 is 32.4 Å². The SMILES string of the molecule is N#CCSc1cc(=[N+]2CCCC2)ss1.[I-]. The first-order chi connectivity index (χ1) is 6.90. The second-order valence-corrected chi connectivity index (χ2v) is 6.58. The van der Waals surface area contributed by atoms with Gasteiger partial charge in [-0.2, -0.15) is 5.26 Å². The lowest BCUT2D eigenvalue weighted by Gasteiger charge is -1.86. The third-order valence-electron chi connectivity index (χ3n) is 2.15. The van der Waals surface area contributed by atoms with E-state index in [2.05, 4.69) is 16.7 Å². The largest absolute Gasteiger partial charge is 1.00 e. The van der Waals surface area contributed by atoms with Gasteiger partial charge in [0.05, 0.1) is 16.0 Å². The van der Waals surface area contributed by atoms with Gasteiger partial charge in [-0.05, 0) is 10.3 Å². The van der Waals surface area contributed by atoms with Crippen molar-refractivity contribution in [3.05, 3.63) is 10.7 Å². The van der Waals surface area contributed by atoms with Crippen LogP contribution in [0.3, 0.4) is 0 Å². The van der Waals surface area contributed by atoms with Crippen molar-refractivity contribution < 1.29 is 24.0 Å². The lowest BCUT2D eigenvalue weighted by atomic mass is 10.4. The van der Waals surface area contributed by atoms with Crippen LogP contribution in [0.5, 0.6) is 0 Å². The van der Waals surface area contributed by atoms with E-state index < -0.39 is 0 Å². The Bertz CT molecular complexity index is 407. The van der Waals surface area contributed by atoms with Gasteiger partial charge in [0, 0.05) is 18.9 Å². The zero-order chi connectivity index (χ0) is 9.80. The van der Waals surface area contributed by atoms with Gasteiger partial charge in [0.25, 0.3) is 4.67 Å². The van der Waals surface area contributed by atoms with Crippen molar-refractivity contribution in [3.63, 3.8) is 0 Å². The molecule has 15 heavy (non-hydrogen) atoms. The van der Waals surface area contributed by atoms with E-state index in [1.807, 2.05) is 10.3 Å². The molecule has 2 heterocycles. The maximum absolute atomic E-state index is 8.47. The van der Waals surface area contributed by atoms with Crippen LogP contribution in [-0.2, 0) is 0 Å². The van der Waals surface area contributed by atoms with Crippen molar-refractivity contribution in [2.45, 2.75) is 17.1 Å². The lowest BCUT2D eigenvalue weighted by Crippen LogP contribution is -3.00. The molecule has 2 rings (SSSR count). The van der Waals surface area contributed by atoms with Gasteiger partial charge < -0.3 is 24.0 Å². The number of rotatable bonds is 2. The highest BCUT2D eigenvalue weighted by molar-refractivity contribution is 8.02. The van der Waals surface area contributed by atoms with Crippen molar-refractivity contribution in [2.75, 3.05) is 18.8 Å². The van der Waals surface area contributed by atoms with Gasteiger partial charge in [-0.15, -0.1) is 0 Å². The average Bonchev–Trinajstić information content (AvgIpc) is 2.85. The van der Waals surface area contributed by atoms with E-state index in [1.54, 1.807) is 22.1 Å². The number of hydrogen-bond donors (Lipinski definition) is 0. The second kappa shape index (κ2) is 6.89. The molecule has 0 aromatic carbocycles. The Morgan fingerprint density at radius 3 is 2.80 bits per heavy atom. The summed E-state index contributed by atoms with van der Waals surface area (Å²) < 4.78 is 5.10.